The minimum atomic E-state index is -1.44. The van der Waals surface area contributed by atoms with Gasteiger partial charge in [0, 0.05) is 58.6 Å². The van der Waals surface area contributed by atoms with Gasteiger partial charge in [-0.25, -0.2) is 13.2 Å². The average molecular weight is 603 g/mol. The van der Waals surface area contributed by atoms with Crippen molar-refractivity contribution in [3.63, 3.8) is 0 Å². The van der Waals surface area contributed by atoms with Gasteiger partial charge in [-0.2, -0.15) is 0 Å². The summed E-state index contributed by atoms with van der Waals surface area (Å²) in [5.74, 6) is -3.52. The molecule has 2 aromatic carbocycles. The number of piperidine rings is 1. The number of likely N-dealkylation sites (tertiary alicyclic amines) is 1. The van der Waals surface area contributed by atoms with Crippen molar-refractivity contribution in [1.82, 2.24) is 4.90 Å². The van der Waals surface area contributed by atoms with Crippen molar-refractivity contribution >= 4 is 5.91 Å². The van der Waals surface area contributed by atoms with Crippen molar-refractivity contribution < 1.29 is 48.9 Å². The molecule has 0 aromatic heterocycles. The fraction of sp³-hybridized carbons (Fsp3) is 0.409. The first-order valence-corrected chi connectivity index (χ1v) is 9.92. The van der Waals surface area contributed by atoms with Crippen LogP contribution in [-0.2, 0) is 25.8 Å². The molecule has 2 atom stereocenters. The molecule has 2 aromatic rings. The van der Waals surface area contributed by atoms with Crippen LogP contribution in [-0.4, -0.2) is 41.0 Å². The number of halogens is 3. The number of amides is 1. The van der Waals surface area contributed by atoms with E-state index in [-0.39, 0.29) is 58.5 Å². The second-order valence-corrected chi connectivity index (χ2v) is 7.77. The zero-order chi connectivity index (χ0) is 21.3. The van der Waals surface area contributed by atoms with Crippen LogP contribution < -0.4 is 0 Å². The number of carbonyl (C=O) groups excluding carboxylic acids is 1. The van der Waals surface area contributed by atoms with E-state index in [1.54, 1.807) is 11.0 Å². The molecule has 0 unspecified atom stereocenters. The Morgan fingerprint density at radius 3 is 2.35 bits per heavy atom. The van der Waals surface area contributed by atoms with Crippen molar-refractivity contribution in [1.29, 1.82) is 0 Å². The summed E-state index contributed by atoms with van der Waals surface area (Å²) in [6, 6.07) is 8.43. The minimum Gasteiger partial charge on any atom is -0.630 e. The van der Waals surface area contributed by atoms with E-state index in [9.17, 15) is 23.1 Å². The Bertz CT molecular complexity index is 918. The number of hydrogen-bond acceptors (Lipinski definition) is 3. The van der Waals surface area contributed by atoms with Gasteiger partial charge in [0.2, 0.25) is 0 Å². The molecule has 9 heteroatoms. The first-order chi connectivity index (χ1) is 14.3. The van der Waals surface area contributed by atoms with E-state index in [4.69, 9.17) is 4.74 Å². The van der Waals surface area contributed by atoms with Crippen molar-refractivity contribution in [2.75, 3.05) is 13.1 Å². The quantitative estimate of drug-likeness (QED) is 0.532. The molecule has 5 nitrogen and oxygen atoms in total. The van der Waals surface area contributed by atoms with Gasteiger partial charge in [-0.1, -0.05) is 18.1 Å². The number of ether oxygens (including phenoxy) is 1. The molecule has 0 aliphatic carbocycles. The van der Waals surface area contributed by atoms with E-state index in [1.807, 2.05) is 0 Å². The predicted octanol–water partition coefficient (Wildman–Crippen LogP) is 4.28. The molecule has 0 saturated carbocycles. The molecule has 31 heavy (non-hydrogen) atoms. The molecule has 2 heterocycles. The molecule has 0 radical (unpaired) electrons. The zero-order valence-electron chi connectivity index (χ0n) is 16.6. The van der Waals surface area contributed by atoms with Crippen LogP contribution in [0, 0.1) is 17.5 Å². The number of nitrogens with zero attached hydrogens (tertiary/aromatic N) is 2. The first-order valence-electron chi connectivity index (χ1n) is 9.92. The Morgan fingerprint density at radius 2 is 1.71 bits per heavy atom. The Hall–Kier alpha value is -1.73. The topological polar surface area (TPSA) is 63.9 Å². The third-order valence-corrected chi connectivity index (χ3v) is 5.56. The van der Waals surface area contributed by atoms with Crippen molar-refractivity contribution in [3.05, 3.63) is 76.4 Å². The predicted molar refractivity (Wildman–Crippen MR) is 103 cm³/mol. The maximum absolute atomic E-state index is 13.5. The summed E-state index contributed by atoms with van der Waals surface area (Å²) in [5.41, 5.74) is 0.707. The van der Waals surface area contributed by atoms with Gasteiger partial charge in [-0.05, 0) is 43.0 Å². The van der Waals surface area contributed by atoms with E-state index < -0.39 is 35.5 Å². The van der Waals surface area contributed by atoms with Crippen molar-refractivity contribution in [3.8, 4) is 0 Å². The van der Waals surface area contributed by atoms with Gasteiger partial charge < -0.3 is 20.1 Å². The largest absolute Gasteiger partial charge is 0.630 e. The molecule has 1 amide bonds. The summed E-state index contributed by atoms with van der Waals surface area (Å²) < 4.78 is 46.1. The van der Waals surface area contributed by atoms with E-state index in [2.05, 4.69) is 5.32 Å². The Labute approximate surface area is 192 Å². The second-order valence-electron chi connectivity index (χ2n) is 7.77. The van der Waals surface area contributed by atoms with Crippen LogP contribution >= 0.6 is 0 Å². The first kappa shape index (κ1) is 23.9. The average Bonchev–Trinajstić information content (AvgIpc) is 3.15. The molecule has 2 fully saturated rings. The number of carbonyl (C=O) groups is 1. The van der Waals surface area contributed by atoms with E-state index in [0.29, 0.717) is 18.4 Å². The monoisotopic (exact) mass is 603 g/mol. The summed E-state index contributed by atoms with van der Waals surface area (Å²) in [6.07, 6.45) is 0.889. The van der Waals surface area contributed by atoms with E-state index >= 15 is 0 Å². The van der Waals surface area contributed by atoms with Crippen molar-refractivity contribution in [2.45, 2.75) is 43.7 Å². The molecule has 2 aliphatic rings. The maximum atomic E-state index is 13.5. The summed E-state index contributed by atoms with van der Waals surface area (Å²) in [5, 5.41) is 15.2. The molecule has 2 aliphatic heterocycles. The molecule has 0 bridgehead atoms. The minimum absolute atomic E-state index is 0. The summed E-state index contributed by atoms with van der Waals surface area (Å²) in [7, 11) is 0. The van der Waals surface area contributed by atoms with Gasteiger partial charge in [0.25, 0.3) is 5.91 Å². The Kier molecular flexibility index (Phi) is 7.58. The fourth-order valence-corrected chi connectivity index (χ4v) is 3.99. The van der Waals surface area contributed by atoms with E-state index in [1.165, 1.54) is 30.3 Å². The normalized spacial score (nSPS) is 22.8. The molecular weight excluding hydrogens is 581 g/mol. The van der Waals surface area contributed by atoms with Gasteiger partial charge in [0.05, 0.1) is 0 Å². The number of rotatable bonds is 4. The van der Waals surface area contributed by atoms with Crippen LogP contribution in [0.2, 0.25) is 0 Å². The van der Waals surface area contributed by atoms with Gasteiger partial charge in [0.1, 0.15) is 17.5 Å². The SMILES string of the molecule is O=C(c1cccc(F)c1)N1CCC(O)(O[C@@H]2CC[C@@H](c3cc(F)cc(F)c3)[N-]2)CC1.[W]. The summed E-state index contributed by atoms with van der Waals surface area (Å²) in [6.45, 7) is 0.522. The van der Waals surface area contributed by atoms with Gasteiger partial charge in [-0.15, -0.1) is 6.04 Å². The number of hydrogen-bond donors (Lipinski definition) is 1. The van der Waals surface area contributed by atoms with Crippen LogP contribution in [0.1, 0.15) is 47.6 Å². The number of benzene rings is 2. The molecule has 0 spiro atoms. The summed E-state index contributed by atoms with van der Waals surface area (Å²) >= 11 is 0. The van der Waals surface area contributed by atoms with Crippen LogP contribution in [0.4, 0.5) is 13.2 Å². The van der Waals surface area contributed by atoms with Crippen LogP contribution in [0.5, 0.6) is 0 Å². The number of aliphatic hydroxyl groups is 1. The Balaban J connectivity index is 0.00000272. The fourth-order valence-electron chi connectivity index (χ4n) is 3.99. The van der Waals surface area contributed by atoms with Gasteiger partial charge in [0.15, 0.2) is 5.79 Å². The van der Waals surface area contributed by atoms with Crippen molar-refractivity contribution in [2.24, 2.45) is 0 Å². The van der Waals surface area contributed by atoms with Crippen LogP contribution in [0.15, 0.2) is 42.5 Å². The molecular formula is C22H22F3N2O3W-. The standard InChI is InChI=1S/C22H22F3N2O3.W/c23-16-3-1-2-14(10-16)21(28)27-8-6-22(29,7-9-27)30-20-5-4-19(26-20)15-11-17(24)13-18(25)12-15;/h1-3,10-13,19-20,29H,4-9H2;/q-1;/t19-,20+;/m0./s1. The summed E-state index contributed by atoms with van der Waals surface area (Å²) in [4.78, 5) is 14.1. The molecule has 2 saturated heterocycles. The van der Waals surface area contributed by atoms with Gasteiger partial charge in [-0.3, -0.25) is 4.79 Å². The smallest absolute Gasteiger partial charge is 0.253 e. The molecule has 1 N–H and O–H groups in total. The third-order valence-electron chi connectivity index (χ3n) is 5.56. The Morgan fingerprint density at radius 1 is 1.03 bits per heavy atom. The zero-order valence-corrected chi connectivity index (χ0v) is 19.6. The maximum Gasteiger partial charge on any atom is 0.253 e. The molecule has 166 valence electrons. The third kappa shape index (κ3) is 5.75. The van der Waals surface area contributed by atoms with Gasteiger partial charge >= 0.3 is 0 Å². The van der Waals surface area contributed by atoms with Crippen LogP contribution in [0.3, 0.4) is 0 Å². The molecule has 4 rings (SSSR count). The second kappa shape index (κ2) is 9.82. The van der Waals surface area contributed by atoms with Crippen LogP contribution in [0.25, 0.3) is 5.32 Å². The van der Waals surface area contributed by atoms with E-state index in [0.717, 1.165) is 6.07 Å².